The molecule has 0 radical (unpaired) electrons. The molecule has 0 atom stereocenters. The Morgan fingerprint density at radius 1 is 1.14 bits per heavy atom. The van der Waals surface area contributed by atoms with Crippen molar-refractivity contribution in [2.45, 2.75) is 40.8 Å². The molecule has 7 nitrogen and oxygen atoms in total. The standard InChI is InChI=1S/C20H29N5O2.ClH/c1-6-25-13-17(16(4)21-25)12-23-7-9-24(10-8-23)20(27)18-14(2)11-15(3)22(5)19(18)26;/h11,13H,6-10,12H2,1-5H3;1H. The molecule has 3 heterocycles. The molecule has 1 saturated heterocycles. The predicted molar refractivity (Wildman–Crippen MR) is 112 cm³/mol. The molecule has 0 spiro atoms. The topological polar surface area (TPSA) is 63.4 Å². The van der Waals surface area contributed by atoms with Crippen molar-refractivity contribution < 1.29 is 4.79 Å². The number of carbonyl (C=O) groups is 1. The van der Waals surface area contributed by atoms with E-state index in [2.05, 4.69) is 23.1 Å². The van der Waals surface area contributed by atoms with E-state index in [0.29, 0.717) is 18.7 Å². The SMILES string of the molecule is CCn1cc(CN2CCN(C(=O)c3c(C)cc(C)n(C)c3=O)CC2)c(C)n1.Cl. The molecule has 28 heavy (non-hydrogen) atoms. The average Bonchev–Trinajstić information content (AvgIpc) is 3.00. The van der Waals surface area contributed by atoms with Gasteiger partial charge in [-0.05, 0) is 39.3 Å². The number of pyridine rings is 1. The molecule has 1 aliphatic heterocycles. The van der Waals surface area contributed by atoms with Crippen LogP contribution in [0.1, 0.15) is 39.8 Å². The first kappa shape index (κ1) is 22.2. The number of carbonyl (C=O) groups excluding carboxylic acids is 1. The smallest absolute Gasteiger partial charge is 0.263 e. The molecule has 0 saturated carbocycles. The summed E-state index contributed by atoms with van der Waals surface area (Å²) in [5.41, 5.74) is 4.01. The Morgan fingerprint density at radius 2 is 1.79 bits per heavy atom. The number of aromatic nitrogens is 3. The molecule has 0 unspecified atom stereocenters. The van der Waals surface area contributed by atoms with Gasteiger partial charge in [0.05, 0.1) is 5.69 Å². The third-order valence-electron chi connectivity index (χ3n) is 5.51. The van der Waals surface area contributed by atoms with E-state index in [1.807, 2.05) is 31.5 Å². The Balaban J connectivity index is 0.00000280. The maximum Gasteiger partial charge on any atom is 0.263 e. The molecule has 0 aliphatic carbocycles. The van der Waals surface area contributed by atoms with Gasteiger partial charge < -0.3 is 9.47 Å². The van der Waals surface area contributed by atoms with Crippen molar-refractivity contribution in [3.8, 4) is 0 Å². The summed E-state index contributed by atoms with van der Waals surface area (Å²) in [7, 11) is 1.71. The highest BCUT2D eigenvalue weighted by molar-refractivity contribution is 5.95. The van der Waals surface area contributed by atoms with Crippen LogP contribution in [0.25, 0.3) is 0 Å². The lowest BCUT2D eigenvalue weighted by molar-refractivity contribution is 0.0625. The van der Waals surface area contributed by atoms with E-state index in [1.165, 1.54) is 5.56 Å². The first-order valence-electron chi connectivity index (χ1n) is 9.53. The molecule has 0 bridgehead atoms. The Morgan fingerprint density at radius 3 is 2.36 bits per heavy atom. The Labute approximate surface area is 172 Å². The second-order valence-corrected chi connectivity index (χ2v) is 7.37. The molecule has 2 aromatic rings. The van der Waals surface area contributed by atoms with Gasteiger partial charge in [-0.25, -0.2) is 0 Å². The minimum Gasteiger partial charge on any atom is -0.336 e. The van der Waals surface area contributed by atoms with Crippen LogP contribution in [-0.2, 0) is 20.1 Å². The highest BCUT2D eigenvalue weighted by Crippen LogP contribution is 2.14. The molecule has 1 amide bonds. The fourth-order valence-electron chi connectivity index (χ4n) is 3.62. The van der Waals surface area contributed by atoms with Crippen LogP contribution in [0.3, 0.4) is 0 Å². The van der Waals surface area contributed by atoms with Crippen LogP contribution in [0, 0.1) is 20.8 Å². The van der Waals surface area contributed by atoms with Gasteiger partial charge in [-0.1, -0.05) is 0 Å². The van der Waals surface area contributed by atoms with E-state index in [-0.39, 0.29) is 23.9 Å². The highest BCUT2D eigenvalue weighted by atomic mass is 35.5. The van der Waals surface area contributed by atoms with Crippen molar-refractivity contribution in [3.63, 3.8) is 0 Å². The molecule has 0 aromatic carbocycles. The summed E-state index contributed by atoms with van der Waals surface area (Å²) in [4.78, 5) is 29.7. The summed E-state index contributed by atoms with van der Waals surface area (Å²) >= 11 is 0. The summed E-state index contributed by atoms with van der Waals surface area (Å²) in [6, 6.07) is 1.90. The van der Waals surface area contributed by atoms with Crippen LogP contribution in [0.15, 0.2) is 17.1 Å². The second-order valence-electron chi connectivity index (χ2n) is 7.37. The van der Waals surface area contributed by atoms with Crippen molar-refractivity contribution in [2.24, 2.45) is 7.05 Å². The van der Waals surface area contributed by atoms with Gasteiger partial charge in [0, 0.05) is 63.8 Å². The van der Waals surface area contributed by atoms with E-state index < -0.39 is 0 Å². The zero-order chi connectivity index (χ0) is 19.7. The maximum atomic E-state index is 12.9. The van der Waals surface area contributed by atoms with Crippen molar-refractivity contribution >= 4 is 18.3 Å². The summed E-state index contributed by atoms with van der Waals surface area (Å²) in [5.74, 6) is -0.150. The van der Waals surface area contributed by atoms with Crippen molar-refractivity contribution in [1.82, 2.24) is 24.1 Å². The number of aryl methyl sites for hydroxylation is 4. The third kappa shape index (κ3) is 4.31. The lowest BCUT2D eigenvalue weighted by atomic mass is 10.1. The molecule has 3 rings (SSSR count). The minimum absolute atomic E-state index is 0. The fraction of sp³-hybridized carbons (Fsp3) is 0.550. The minimum atomic E-state index is -0.206. The van der Waals surface area contributed by atoms with Crippen LogP contribution in [0.2, 0.25) is 0 Å². The Hall–Kier alpha value is -2.12. The monoisotopic (exact) mass is 407 g/mol. The van der Waals surface area contributed by atoms with Crippen LogP contribution in [0.4, 0.5) is 0 Å². The average molecular weight is 408 g/mol. The summed E-state index contributed by atoms with van der Waals surface area (Å²) in [5, 5.41) is 4.50. The molecule has 1 fully saturated rings. The molecule has 2 aromatic heterocycles. The summed E-state index contributed by atoms with van der Waals surface area (Å²) in [6.07, 6.45) is 2.10. The first-order chi connectivity index (χ1) is 12.8. The van der Waals surface area contributed by atoms with E-state index in [1.54, 1.807) is 16.5 Å². The van der Waals surface area contributed by atoms with Gasteiger partial charge in [0.15, 0.2) is 0 Å². The normalized spacial score (nSPS) is 14.8. The molecule has 8 heteroatoms. The number of amides is 1. The third-order valence-corrected chi connectivity index (χ3v) is 5.51. The van der Waals surface area contributed by atoms with Crippen LogP contribution < -0.4 is 5.56 Å². The first-order valence-corrected chi connectivity index (χ1v) is 9.53. The van der Waals surface area contributed by atoms with Crippen molar-refractivity contribution in [2.75, 3.05) is 26.2 Å². The lowest BCUT2D eigenvalue weighted by Crippen LogP contribution is -2.49. The number of rotatable bonds is 4. The van der Waals surface area contributed by atoms with Crippen LogP contribution in [0.5, 0.6) is 0 Å². The summed E-state index contributed by atoms with van der Waals surface area (Å²) < 4.78 is 3.50. The Bertz CT molecular complexity index is 910. The Kier molecular flexibility index (Phi) is 7.06. The lowest BCUT2D eigenvalue weighted by Gasteiger charge is -2.34. The van der Waals surface area contributed by atoms with Crippen LogP contribution in [-0.4, -0.2) is 56.2 Å². The fourth-order valence-corrected chi connectivity index (χ4v) is 3.62. The van der Waals surface area contributed by atoms with Gasteiger partial charge in [0.1, 0.15) is 5.56 Å². The molecular formula is C20H30ClN5O2. The highest BCUT2D eigenvalue weighted by Gasteiger charge is 2.26. The molecular weight excluding hydrogens is 378 g/mol. The van der Waals surface area contributed by atoms with Gasteiger partial charge in [0.25, 0.3) is 11.5 Å². The van der Waals surface area contributed by atoms with E-state index >= 15 is 0 Å². The number of hydrogen-bond donors (Lipinski definition) is 0. The number of halogens is 1. The zero-order valence-corrected chi connectivity index (χ0v) is 18.2. The molecule has 154 valence electrons. The van der Waals surface area contributed by atoms with Gasteiger partial charge in [-0.3, -0.25) is 19.2 Å². The largest absolute Gasteiger partial charge is 0.336 e. The van der Waals surface area contributed by atoms with Gasteiger partial charge in [-0.2, -0.15) is 5.10 Å². The van der Waals surface area contributed by atoms with E-state index in [0.717, 1.165) is 43.1 Å². The molecule has 1 aliphatic rings. The van der Waals surface area contributed by atoms with Gasteiger partial charge in [0.2, 0.25) is 0 Å². The van der Waals surface area contributed by atoms with E-state index in [4.69, 9.17) is 0 Å². The maximum absolute atomic E-state index is 12.9. The molecule has 0 N–H and O–H groups in total. The number of hydrogen-bond acceptors (Lipinski definition) is 4. The second kappa shape index (κ2) is 8.92. The number of nitrogens with zero attached hydrogens (tertiary/aromatic N) is 5. The van der Waals surface area contributed by atoms with Crippen molar-refractivity contribution in [1.29, 1.82) is 0 Å². The predicted octanol–water partition coefficient (Wildman–Crippen LogP) is 1.91. The van der Waals surface area contributed by atoms with Crippen LogP contribution >= 0.6 is 12.4 Å². The number of piperazine rings is 1. The van der Waals surface area contributed by atoms with Gasteiger partial charge in [-0.15, -0.1) is 12.4 Å². The van der Waals surface area contributed by atoms with E-state index in [9.17, 15) is 9.59 Å². The summed E-state index contributed by atoms with van der Waals surface area (Å²) in [6.45, 7) is 12.4. The van der Waals surface area contributed by atoms with Crippen molar-refractivity contribution in [3.05, 3.63) is 50.7 Å². The van der Waals surface area contributed by atoms with Gasteiger partial charge >= 0.3 is 0 Å². The zero-order valence-electron chi connectivity index (χ0n) is 17.4. The quantitative estimate of drug-likeness (QED) is 0.776.